The number of sulfonamides is 1. The van der Waals surface area contributed by atoms with E-state index >= 15 is 0 Å². The van der Waals surface area contributed by atoms with E-state index in [0.29, 0.717) is 13.0 Å². The van der Waals surface area contributed by atoms with Crippen molar-refractivity contribution in [2.75, 3.05) is 18.4 Å². The van der Waals surface area contributed by atoms with Crippen molar-refractivity contribution in [1.29, 1.82) is 0 Å². The van der Waals surface area contributed by atoms with Crippen molar-refractivity contribution < 1.29 is 17.9 Å². The highest BCUT2D eigenvalue weighted by molar-refractivity contribution is 7.93. The number of benzene rings is 2. The van der Waals surface area contributed by atoms with Gasteiger partial charge in [-0.1, -0.05) is 29.8 Å². The molecule has 3 rings (SSSR count). The number of hydrogen-bond acceptors (Lipinski definition) is 6. The Balaban J connectivity index is 1.55. The molecule has 0 atom stereocenters. The summed E-state index contributed by atoms with van der Waals surface area (Å²) in [5, 5.41) is 4.45. The van der Waals surface area contributed by atoms with E-state index in [1.807, 2.05) is 31.2 Å². The second-order valence-corrected chi connectivity index (χ2v) is 8.85. The molecular formula is C20H21N3O4S2. The third-order valence-electron chi connectivity index (χ3n) is 4.15. The van der Waals surface area contributed by atoms with Crippen molar-refractivity contribution in [3.63, 3.8) is 0 Å². The van der Waals surface area contributed by atoms with Crippen LogP contribution < -0.4 is 14.8 Å². The van der Waals surface area contributed by atoms with Gasteiger partial charge in [0.25, 0.3) is 15.9 Å². The normalized spacial score (nSPS) is 11.1. The zero-order valence-electron chi connectivity index (χ0n) is 16.0. The Morgan fingerprint density at radius 2 is 1.79 bits per heavy atom. The fraction of sp³-hybridized carbons (Fsp3) is 0.200. The number of ether oxygens (including phenoxy) is 1. The van der Waals surface area contributed by atoms with E-state index in [4.69, 9.17) is 4.74 Å². The van der Waals surface area contributed by atoms with Crippen LogP contribution in [-0.2, 0) is 16.4 Å². The number of aryl methyl sites for hydroxylation is 1. The zero-order valence-corrected chi connectivity index (χ0v) is 17.6. The average molecular weight is 432 g/mol. The lowest BCUT2D eigenvalue weighted by Crippen LogP contribution is -2.26. The van der Waals surface area contributed by atoms with Gasteiger partial charge in [-0.3, -0.25) is 9.52 Å². The van der Waals surface area contributed by atoms with Crippen LogP contribution in [0.2, 0.25) is 0 Å². The Hall–Kier alpha value is -2.91. The summed E-state index contributed by atoms with van der Waals surface area (Å²) in [5.74, 6) is 0.427. The number of hydrogen-bond donors (Lipinski definition) is 2. The average Bonchev–Trinajstić information content (AvgIpc) is 3.16. The SMILES string of the molecule is COc1ccc(CCNC(=O)c2csc(NS(=O)(=O)c3ccc(C)cc3)n2)cc1. The smallest absolute Gasteiger partial charge is 0.270 e. The first-order valence-corrected chi connectivity index (χ1v) is 11.2. The molecule has 1 heterocycles. The van der Waals surface area contributed by atoms with Gasteiger partial charge in [0, 0.05) is 11.9 Å². The summed E-state index contributed by atoms with van der Waals surface area (Å²) < 4.78 is 32.3. The number of amides is 1. The molecule has 1 aromatic heterocycles. The zero-order chi connectivity index (χ0) is 20.9. The Kier molecular flexibility index (Phi) is 6.50. The topological polar surface area (TPSA) is 97.4 Å². The van der Waals surface area contributed by atoms with Gasteiger partial charge in [0.15, 0.2) is 5.13 Å². The molecule has 0 radical (unpaired) electrons. The molecule has 0 bridgehead atoms. The van der Waals surface area contributed by atoms with Crippen LogP contribution in [0.5, 0.6) is 5.75 Å². The minimum absolute atomic E-state index is 0.142. The maximum absolute atomic E-state index is 12.4. The van der Waals surface area contributed by atoms with Crippen LogP contribution in [0.25, 0.3) is 0 Å². The van der Waals surface area contributed by atoms with Crippen molar-refractivity contribution in [2.24, 2.45) is 0 Å². The van der Waals surface area contributed by atoms with Crippen LogP contribution >= 0.6 is 11.3 Å². The van der Waals surface area contributed by atoms with E-state index in [1.165, 1.54) is 17.5 Å². The first kappa shape index (κ1) is 20.8. The molecule has 0 aliphatic heterocycles. The van der Waals surface area contributed by atoms with Gasteiger partial charge in [0.05, 0.1) is 12.0 Å². The molecule has 2 N–H and O–H groups in total. The van der Waals surface area contributed by atoms with Gasteiger partial charge in [0.1, 0.15) is 11.4 Å². The van der Waals surface area contributed by atoms with Gasteiger partial charge < -0.3 is 10.1 Å². The van der Waals surface area contributed by atoms with E-state index in [9.17, 15) is 13.2 Å². The number of nitrogens with zero attached hydrogens (tertiary/aromatic N) is 1. The monoisotopic (exact) mass is 431 g/mol. The summed E-state index contributed by atoms with van der Waals surface area (Å²) in [5.41, 5.74) is 2.20. The van der Waals surface area contributed by atoms with Crippen LogP contribution in [0.15, 0.2) is 58.8 Å². The minimum atomic E-state index is -3.75. The highest BCUT2D eigenvalue weighted by Crippen LogP contribution is 2.20. The molecule has 9 heteroatoms. The second kappa shape index (κ2) is 9.06. The molecule has 0 aliphatic carbocycles. The first-order chi connectivity index (χ1) is 13.9. The predicted molar refractivity (Wildman–Crippen MR) is 113 cm³/mol. The molecule has 3 aromatic rings. The number of carbonyl (C=O) groups is 1. The number of methoxy groups -OCH3 is 1. The van der Waals surface area contributed by atoms with E-state index in [0.717, 1.165) is 28.2 Å². The summed E-state index contributed by atoms with van der Waals surface area (Å²) >= 11 is 1.06. The molecule has 0 spiro atoms. The van der Waals surface area contributed by atoms with Crippen molar-refractivity contribution >= 4 is 32.4 Å². The predicted octanol–water partition coefficient (Wildman–Crippen LogP) is 3.23. The van der Waals surface area contributed by atoms with Crippen molar-refractivity contribution in [2.45, 2.75) is 18.2 Å². The lowest BCUT2D eigenvalue weighted by molar-refractivity contribution is 0.0950. The fourth-order valence-corrected chi connectivity index (χ4v) is 4.46. The third kappa shape index (κ3) is 5.55. The molecule has 0 saturated carbocycles. The maximum Gasteiger partial charge on any atom is 0.270 e. The van der Waals surface area contributed by atoms with E-state index < -0.39 is 10.0 Å². The van der Waals surface area contributed by atoms with Gasteiger partial charge in [-0.05, 0) is 43.2 Å². The molecule has 0 saturated heterocycles. The summed E-state index contributed by atoms with van der Waals surface area (Å²) in [6.07, 6.45) is 0.660. The van der Waals surface area contributed by atoms with Gasteiger partial charge >= 0.3 is 0 Å². The van der Waals surface area contributed by atoms with Crippen LogP contribution in [-0.4, -0.2) is 33.0 Å². The Labute approximate surface area is 173 Å². The number of carbonyl (C=O) groups excluding carboxylic acids is 1. The van der Waals surface area contributed by atoms with Gasteiger partial charge in [-0.25, -0.2) is 13.4 Å². The van der Waals surface area contributed by atoms with Gasteiger partial charge in [-0.2, -0.15) is 0 Å². The molecule has 29 heavy (non-hydrogen) atoms. The standard InChI is InChI=1S/C20H21N3O4S2/c1-14-3-9-17(10-4-14)29(25,26)23-20-22-18(13-28-20)19(24)21-12-11-15-5-7-16(27-2)8-6-15/h3-10,13H,11-12H2,1-2H3,(H,21,24)(H,22,23). The highest BCUT2D eigenvalue weighted by atomic mass is 32.2. The van der Waals surface area contributed by atoms with E-state index in [2.05, 4.69) is 15.0 Å². The Morgan fingerprint density at radius 3 is 2.45 bits per heavy atom. The molecule has 152 valence electrons. The molecule has 2 aromatic carbocycles. The minimum Gasteiger partial charge on any atom is -0.497 e. The summed E-state index contributed by atoms with van der Waals surface area (Å²) in [4.78, 5) is 16.5. The van der Waals surface area contributed by atoms with Gasteiger partial charge in [-0.15, -0.1) is 11.3 Å². The number of anilines is 1. The lowest BCUT2D eigenvalue weighted by atomic mass is 10.1. The second-order valence-electron chi connectivity index (χ2n) is 6.31. The molecule has 0 unspecified atom stereocenters. The summed E-state index contributed by atoms with van der Waals surface area (Å²) in [7, 11) is -2.14. The highest BCUT2D eigenvalue weighted by Gasteiger charge is 2.17. The first-order valence-electron chi connectivity index (χ1n) is 8.83. The number of aromatic nitrogens is 1. The lowest BCUT2D eigenvalue weighted by Gasteiger charge is -2.06. The number of thiazole rings is 1. The molecule has 1 amide bonds. The van der Waals surface area contributed by atoms with Crippen LogP contribution in [0.3, 0.4) is 0 Å². The van der Waals surface area contributed by atoms with Crippen LogP contribution in [0.4, 0.5) is 5.13 Å². The van der Waals surface area contributed by atoms with Crippen LogP contribution in [0, 0.1) is 6.92 Å². The third-order valence-corrected chi connectivity index (χ3v) is 6.39. The van der Waals surface area contributed by atoms with Crippen molar-refractivity contribution in [3.8, 4) is 5.75 Å². The van der Waals surface area contributed by atoms with E-state index in [-0.39, 0.29) is 21.6 Å². The number of nitrogens with one attached hydrogen (secondary N) is 2. The van der Waals surface area contributed by atoms with Crippen LogP contribution in [0.1, 0.15) is 21.6 Å². The van der Waals surface area contributed by atoms with Crippen molar-refractivity contribution in [3.05, 3.63) is 70.7 Å². The fourth-order valence-electron chi connectivity index (χ4n) is 2.52. The summed E-state index contributed by atoms with van der Waals surface area (Å²) in [6.45, 7) is 2.32. The quantitative estimate of drug-likeness (QED) is 0.571. The molecule has 7 nitrogen and oxygen atoms in total. The molecule has 0 aliphatic rings. The molecule has 0 fully saturated rings. The number of rotatable bonds is 8. The summed E-state index contributed by atoms with van der Waals surface area (Å²) in [6, 6.07) is 14.1. The van der Waals surface area contributed by atoms with Gasteiger partial charge in [0.2, 0.25) is 0 Å². The Bertz CT molecular complexity index is 1080. The Morgan fingerprint density at radius 1 is 1.10 bits per heavy atom. The molecular weight excluding hydrogens is 410 g/mol. The van der Waals surface area contributed by atoms with Crippen molar-refractivity contribution in [1.82, 2.24) is 10.3 Å². The van der Waals surface area contributed by atoms with E-state index in [1.54, 1.807) is 19.2 Å². The maximum atomic E-state index is 12.4. The largest absolute Gasteiger partial charge is 0.497 e.